The first kappa shape index (κ1) is 13.4. The molecule has 1 aliphatic rings. The van der Waals surface area contributed by atoms with E-state index in [1.165, 1.54) is 16.9 Å². The summed E-state index contributed by atoms with van der Waals surface area (Å²) in [5, 5.41) is 11.9. The first-order chi connectivity index (χ1) is 9.65. The van der Waals surface area contributed by atoms with Crippen LogP contribution in [0.4, 0.5) is 0 Å². The molecule has 0 saturated carbocycles. The average molecular weight is 289 g/mol. The molecule has 5 heteroatoms. The van der Waals surface area contributed by atoms with Crippen molar-refractivity contribution < 1.29 is 4.79 Å². The van der Waals surface area contributed by atoms with Crippen LogP contribution in [-0.4, -0.2) is 16.1 Å². The first-order valence-corrected chi connectivity index (χ1v) is 7.89. The molecular weight excluding hydrogens is 270 g/mol. The van der Waals surface area contributed by atoms with Crippen LogP contribution in [0.2, 0.25) is 0 Å². The van der Waals surface area contributed by atoms with Gasteiger partial charge in [0.15, 0.2) is 0 Å². The summed E-state index contributed by atoms with van der Waals surface area (Å²) < 4.78 is 0. The first-order valence-electron chi connectivity index (χ1n) is 7.01. The van der Waals surface area contributed by atoms with Crippen molar-refractivity contribution in [3.8, 4) is 0 Å². The number of rotatable bonds is 3. The second kappa shape index (κ2) is 5.40. The Morgan fingerprint density at radius 1 is 1.60 bits per heavy atom. The standard InChI is InChI=1S/C15H19N3OS/c1-9-3-4-12-13(8-20-14(12)5-9)15(19)16-6-11-7-17-18-10(11)2/h7-9H,3-6H2,1-2H3,(H,16,19)(H,17,18). The molecule has 0 aliphatic heterocycles. The maximum atomic E-state index is 12.3. The SMILES string of the molecule is Cc1[nH]ncc1CNC(=O)c1csc2c1CCC(C)C2. The van der Waals surface area contributed by atoms with Crippen LogP contribution in [0.15, 0.2) is 11.6 Å². The van der Waals surface area contributed by atoms with Gasteiger partial charge in [0.25, 0.3) is 5.91 Å². The van der Waals surface area contributed by atoms with Crippen molar-refractivity contribution in [2.45, 2.75) is 39.7 Å². The molecule has 20 heavy (non-hydrogen) atoms. The van der Waals surface area contributed by atoms with Crippen molar-refractivity contribution >= 4 is 17.2 Å². The van der Waals surface area contributed by atoms with Crippen LogP contribution in [0, 0.1) is 12.8 Å². The number of nitrogens with zero attached hydrogens (tertiary/aromatic N) is 1. The Bertz CT molecular complexity index is 629. The summed E-state index contributed by atoms with van der Waals surface area (Å²) in [6.07, 6.45) is 5.10. The highest BCUT2D eigenvalue weighted by Gasteiger charge is 2.23. The van der Waals surface area contributed by atoms with E-state index in [9.17, 15) is 4.79 Å². The smallest absolute Gasteiger partial charge is 0.252 e. The Balaban J connectivity index is 1.70. The third kappa shape index (κ3) is 2.50. The lowest BCUT2D eigenvalue weighted by atomic mass is 9.88. The van der Waals surface area contributed by atoms with E-state index < -0.39 is 0 Å². The lowest BCUT2D eigenvalue weighted by Gasteiger charge is -2.18. The van der Waals surface area contributed by atoms with Gasteiger partial charge >= 0.3 is 0 Å². The monoisotopic (exact) mass is 289 g/mol. The minimum atomic E-state index is 0.0395. The van der Waals surface area contributed by atoms with E-state index >= 15 is 0 Å². The number of carbonyl (C=O) groups is 1. The summed E-state index contributed by atoms with van der Waals surface area (Å²) in [5.74, 6) is 0.781. The molecule has 0 saturated heterocycles. The molecule has 106 valence electrons. The van der Waals surface area contributed by atoms with Crippen LogP contribution in [-0.2, 0) is 19.4 Å². The molecule has 4 nitrogen and oxygen atoms in total. The number of thiophene rings is 1. The van der Waals surface area contributed by atoms with Gasteiger partial charge in [0.1, 0.15) is 0 Å². The number of hydrogen-bond acceptors (Lipinski definition) is 3. The summed E-state index contributed by atoms with van der Waals surface area (Å²) in [5.41, 5.74) is 4.19. The van der Waals surface area contributed by atoms with Crippen molar-refractivity contribution in [2.75, 3.05) is 0 Å². The molecule has 1 atom stereocenters. The summed E-state index contributed by atoms with van der Waals surface area (Å²) in [7, 11) is 0. The van der Waals surface area contributed by atoms with Gasteiger partial charge in [-0.2, -0.15) is 5.10 Å². The molecule has 0 bridgehead atoms. The number of hydrogen-bond donors (Lipinski definition) is 2. The van der Waals surface area contributed by atoms with E-state index in [0.717, 1.165) is 35.6 Å². The normalized spacial score (nSPS) is 17.8. The van der Waals surface area contributed by atoms with Gasteiger partial charge in [-0.05, 0) is 37.7 Å². The van der Waals surface area contributed by atoms with E-state index in [1.54, 1.807) is 17.5 Å². The molecule has 2 heterocycles. The fourth-order valence-corrected chi connectivity index (χ4v) is 3.94. The average Bonchev–Trinajstić information content (AvgIpc) is 3.02. The summed E-state index contributed by atoms with van der Waals surface area (Å²) in [6.45, 7) is 4.77. The van der Waals surface area contributed by atoms with Crippen LogP contribution >= 0.6 is 11.3 Å². The van der Waals surface area contributed by atoms with Crippen molar-refractivity contribution in [3.63, 3.8) is 0 Å². The molecule has 0 radical (unpaired) electrons. The Kier molecular flexibility index (Phi) is 3.61. The molecule has 1 amide bonds. The van der Waals surface area contributed by atoms with Gasteiger partial charge in [0.2, 0.25) is 0 Å². The van der Waals surface area contributed by atoms with Crippen LogP contribution in [0.5, 0.6) is 0 Å². The lowest BCUT2D eigenvalue weighted by Crippen LogP contribution is -2.24. The molecule has 1 aliphatic carbocycles. The highest BCUT2D eigenvalue weighted by atomic mass is 32.1. The third-order valence-electron chi connectivity index (χ3n) is 4.02. The lowest BCUT2D eigenvalue weighted by molar-refractivity contribution is 0.0950. The van der Waals surface area contributed by atoms with Crippen LogP contribution < -0.4 is 5.32 Å². The zero-order valence-electron chi connectivity index (χ0n) is 11.8. The van der Waals surface area contributed by atoms with Gasteiger partial charge in [-0.25, -0.2) is 0 Å². The predicted octanol–water partition coefficient (Wildman–Crippen LogP) is 2.83. The molecule has 3 rings (SSSR count). The number of H-pyrrole nitrogens is 1. The topological polar surface area (TPSA) is 57.8 Å². The van der Waals surface area contributed by atoms with E-state index in [1.807, 2.05) is 12.3 Å². The molecule has 0 aromatic carbocycles. The number of aryl methyl sites for hydroxylation is 1. The van der Waals surface area contributed by atoms with E-state index in [2.05, 4.69) is 22.4 Å². The number of carbonyl (C=O) groups excluding carboxylic acids is 1. The number of aromatic amines is 1. The van der Waals surface area contributed by atoms with Crippen molar-refractivity contribution in [3.05, 3.63) is 38.8 Å². The van der Waals surface area contributed by atoms with Gasteiger partial charge in [0.05, 0.1) is 11.8 Å². The van der Waals surface area contributed by atoms with Crippen LogP contribution in [0.3, 0.4) is 0 Å². The van der Waals surface area contributed by atoms with E-state index in [0.29, 0.717) is 6.54 Å². The number of aromatic nitrogens is 2. The van der Waals surface area contributed by atoms with E-state index in [-0.39, 0.29) is 5.91 Å². The highest BCUT2D eigenvalue weighted by molar-refractivity contribution is 7.10. The van der Waals surface area contributed by atoms with E-state index in [4.69, 9.17) is 0 Å². The van der Waals surface area contributed by atoms with Crippen LogP contribution in [0.1, 0.15) is 45.4 Å². The Labute approximate surface area is 122 Å². The summed E-state index contributed by atoms with van der Waals surface area (Å²) >= 11 is 1.73. The van der Waals surface area contributed by atoms with Crippen LogP contribution in [0.25, 0.3) is 0 Å². The van der Waals surface area contributed by atoms with Crippen molar-refractivity contribution in [2.24, 2.45) is 5.92 Å². The molecule has 0 spiro atoms. The highest BCUT2D eigenvalue weighted by Crippen LogP contribution is 2.32. The summed E-state index contributed by atoms with van der Waals surface area (Å²) in [4.78, 5) is 13.7. The van der Waals surface area contributed by atoms with Gasteiger partial charge in [-0.3, -0.25) is 9.89 Å². The minimum absolute atomic E-state index is 0.0395. The molecule has 2 N–H and O–H groups in total. The van der Waals surface area contributed by atoms with Gasteiger partial charge in [0, 0.05) is 28.1 Å². The zero-order chi connectivity index (χ0) is 14.1. The maximum absolute atomic E-state index is 12.3. The third-order valence-corrected chi connectivity index (χ3v) is 5.07. The Morgan fingerprint density at radius 3 is 3.20 bits per heavy atom. The quantitative estimate of drug-likeness (QED) is 0.913. The summed E-state index contributed by atoms with van der Waals surface area (Å²) in [6, 6.07) is 0. The molecular formula is C15H19N3OS. The van der Waals surface area contributed by atoms with Gasteiger partial charge in [-0.15, -0.1) is 11.3 Å². The van der Waals surface area contributed by atoms with Crippen molar-refractivity contribution in [1.82, 2.24) is 15.5 Å². The second-order valence-corrected chi connectivity index (χ2v) is 6.57. The number of nitrogens with one attached hydrogen (secondary N) is 2. The van der Waals surface area contributed by atoms with Crippen molar-refractivity contribution in [1.29, 1.82) is 0 Å². The maximum Gasteiger partial charge on any atom is 0.252 e. The fraction of sp³-hybridized carbons (Fsp3) is 0.467. The Morgan fingerprint density at radius 2 is 2.45 bits per heavy atom. The fourth-order valence-electron chi connectivity index (χ4n) is 2.69. The number of amides is 1. The second-order valence-electron chi connectivity index (χ2n) is 5.60. The number of fused-ring (bicyclic) bond motifs is 1. The Hall–Kier alpha value is -1.62. The minimum Gasteiger partial charge on any atom is -0.348 e. The predicted molar refractivity (Wildman–Crippen MR) is 80.0 cm³/mol. The molecule has 2 aromatic rings. The molecule has 1 unspecified atom stereocenters. The molecule has 0 fully saturated rings. The molecule has 2 aromatic heterocycles. The van der Waals surface area contributed by atoms with Gasteiger partial charge in [-0.1, -0.05) is 6.92 Å². The zero-order valence-corrected chi connectivity index (χ0v) is 12.6. The largest absolute Gasteiger partial charge is 0.348 e. The van der Waals surface area contributed by atoms with Gasteiger partial charge < -0.3 is 5.32 Å².